The second kappa shape index (κ2) is 6.10. The number of halogens is 2. The molecule has 2 aromatic heterocycles. The van der Waals surface area contributed by atoms with E-state index in [0.717, 1.165) is 21.8 Å². The SMILES string of the molecule is Cc1cc(Cl)c(Cl)cc1CNc1csc(-n2cccn2)c1. The Morgan fingerprint density at radius 3 is 2.81 bits per heavy atom. The van der Waals surface area contributed by atoms with Crippen LogP contribution in [-0.4, -0.2) is 9.78 Å². The number of nitrogens with one attached hydrogen (secondary N) is 1. The fourth-order valence-electron chi connectivity index (χ4n) is 2.01. The zero-order valence-corrected chi connectivity index (χ0v) is 13.6. The molecule has 3 aromatic rings. The maximum absolute atomic E-state index is 6.07. The van der Waals surface area contributed by atoms with Crippen LogP contribution >= 0.6 is 34.5 Å². The third-order valence-corrected chi connectivity index (χ3v) is 4.82. The Labute approximate surface area is 137 Å². The van der Waals surface area contributed by atoms with Gasteiger partial charge in [0.2, 0.25) is 0 Å². The van der Waals surface area contributed by atoms with Crippen molar-refractivity contribution >= 4 is 40.2 Å². The van der Waals surface area contributed by atoms with Gasteiger partial charge in [-0.05, 0) is 42.3 Å². The number of nitrogens with zero attached hydrogens (tertiary/aromatic N) is 2. The highest BCUT2D eigenvalue weighted by atomic mass is 35.5. The van der Waals surface area contributed by atoms with Crippen molar-refractivity contribution in [1.82, 2.24) is 9.78 Å². The van der Waals surface area contributed by atoms with Gasteiger partial charge in [-0.2, -0.15) is 5.10 Å². The van der Waals surface area contributed by atoms with E-state index in [1.807, 2.05) is 36.0 Å². The molecule has 0 unspecified atom stereocenters. The number of hydrogen-bond acceptors (Lipinski definition) is 3. The molecular formula is C15H13Cl2N3S. The molecule has 3 rings (SSSR count). The van der Waals surface area contributed by atoms with Gasteiger partial charge in [0, 0.05) is 30.0 Å². The van der Waals surface area contributed by atoms with Crippen molar-refractivity contribution in [1.29, 1.82) is 0 Å². The molecule has 0 bridgehead atoms. The summed E-state index contributed by atoms with van der Waals surface area (Å²) in [6, 6.07) is 7.78. The summed E-state index contributed by atoms with van der Waals surface area (Å²) in [5.74, 6) is 0. The van der Waals surface area contributed by atoms with Gasteiger partial charge in [-0.15, -0.1) is 11.3 Å². The van der Waals surface area contributed by atoms with Crippen LogP contribution in [-0.2, 0) is 6.54 Å². The van der Waals surface area contributed by atoms with Crippen LogP contribution in [0.5, 0.6) is 0 Å². The van der Waals surface area contributed by atoms with Gasteiger partial charge in [-0.1, -0.05) is 23.2 Å². The molecule has 2 heterocycles. The molecule has 0 aliphatic heterocycles. The Morgan fingerprint density at radius 2 is 2.05 bits per heavy atom. The molecule has 0 aliphatic rings. The summed E-state index contributed by atoms with van der Waals surface area (Å²) in [5, 5.41) is 11.9. The van der Waals surface area contributed by atoms with Crippen LogP contribution in [0.1, 0.15) is 11.1 Å². The van der Waals surface area contributed by atoms with Crippen LogP contribution in [0.3, 0.4) is 0 Å². The molecule has 21 heavy (non-hydrogen) atoms. The molecule has 0 fully saturated rings. The van der Waals surface area contributed by atoms with Crippen LogP contribution in [0.15, 0.2) is 42.0 Å². The van der Waals surface area contributed by atoms with E-state index in [2.05, 4.69) is 21.9 Å². The summed E-state index contributed by atoms with van der Waals surface area (Å²) in [7, 11) is 0. The highest BCUT2D eigenvalue weighted by molar-refractivity contribution is 7.13. The number of benzene rings is 1. The largest absolute Gasteiger partial charge is 0.380 e. The minimum atomic E-state index is 0.585. The third kappa shape index (κ3) is 3.23. The zero-order valence-electron chi connectivity index (χ0n) is 11.3. The summed E-state index contributed by atoms with van der Waals surface area (Å²) in [4.78, 5) is 0. The zero-order chi connectivity index (χ0) is 14.8. The first kappa shape index (κ1) is 14.4. The third-order valence-electron chi connectivity index (χ3n) is 3.18. The lowest BCUT2D eigenvalue weighted by Gasteiger charge is -2.09. The molecule has 1 aromatic carbocycles. The van der Waals surface area contributed by atoms with E-state index < -0.39 is 0 Å². The second-order valence-electron chi connectivity index (χ2n) is 4.67. The predicted octanol–water partition coefficient (Wildman–Crippen LogP) is 5.16. The molecule has 0 amide bonds. The highest BCUT2D eigenvalue weighted by Crippen LogP contribution is 2.27. The van der Waals surface area contributed by atoms with Gasteiger partial charge in [0.1, 0.15) is 5.00 Å². The molecule has 0 radical (unpaired) electrons. The molecular weight excluding hydrogens is 325 g/mol. The van der Waals surface area contributed by atoms with Crippen molar-refractivity contribution < 1.29 is 0 Å². The minimum Gasteiger partial charge on any atom is -0.380 e. The Kier molecular flexibility index (Phi) is 4.19. The van der Waals surface area contributed by atoms with Crippen molar-refractivity contribution in [3.63, 3.8) is 0 Å². The normalized spacial score (nSPS) is 10.8. The lowest BCUT2D eigenvalue weighted by Crippen LogP contribution is -2.00. The average Bonchev–Trinajstić information content (AvgIpc) is 3.11. The summed E-state index contributed by atoms with van der Waals surface area (Å²) < 4.78 is 1.85. The van der Waals surface area contributed by atoms with E-state index in [-0.39, 0.29) is 0 Å². The molecule has 108 valence electrons. The van der Waals surface area contributed by atoms with E-state index >= 15 is 0 Å². The van der Waals surface area contributed by atoms with Crippen molar-refractivity contribution in [3.05, 3.63) is 63.2 Å². The lowest BCUT2D eigenvalue weighted by molar-refractivity contribution is 0.897. The number of hydrogen-bond donors (Lipinski definition) is 1. The summed E-state index contributed by atoms with van der Waals surface area (Å²) in [6.45, 7) is 2.74. The summed E-state index contributed by atoms with van der Waals surface area (Å²) >= 11 is 13.7. The first-order valence-electron chi connectivity index (χ1n) is 6.40. The van der Waals surface area contributed by atoms with Gasteiger partial charge >= 0.3 is 0 Å². The van der Waals surface area contributed by atoms with Crippen LogP contribution in [0, 0.1) is 6.92 Å². The molecule has 0 spiro atoms. The van der Waals surface area contributed by atoms with Crippen LogP contribution in [0.4, 0.5) is 5.69 Å². The number of aryl methyl sites for hydroxylation is 1. The van der Waals surface area contributed by atoms with Gasteiger partial charge < -0.3 is 5.32 Å². The number of anilines is 1. The van der Waals surface area contributed by atoms with Crippen molar-refractivity contribution in [3.8, 4) is 5.00 Å². The maximum Gasteiger partial charge on any atom is 0.119 e. The Morgan fingerprint density at radius 1 is 1.24 bits per heavy atom. The molecule has 0 aliphatic carbocycles. The summed E-state index contributed by atoms with van der Waals surface area (Å²) in [5.41, 5.74) is 3.33. The monoisotopic (exact) mass is 337 g/mol. The highest BCUT2D eigenvalue weighted by Gasteiger charge is 2.06. The van der Waals surface area contributed by atoms with Gasteiger partial charge in [0.05, 0.1) is 10.0 Å². The fraction of sp³-hybridized carbons (Fsp3) is 0.133. The van der Waals surface area contributed by atoms with E-state index in [4.69, 9.17) is 23.2 Å². The Balaban J connectivity index is 1.72. The first-order valence-corrected chi connectivity index (χ1v) is 8.04. The molecule has 3 nitrogen and oxygen atoms in total. The maximum atomic E-state index is 6.07. The smallest absolute Gasteiger partial charge is 0.119 e. The topological polar surface area (TPSA) is 29.9 Å². The van der Waals surface area contributed by atoms with Gasteiger partial charge in [-0.3, -0.25) is 0 Å². The fourth-order valence-corrected chi connectivity index (χ4v) is 3.23. The van der Waals surface area contributed by atoms with E-state index in [9.17, 15) is 0 Å². The first-order chi connectivity index (χ1) is 10.1. The number of thiophene rings is 1. The van der Waals surface area contributed by atoms with E-state index in [1.54, 1.807) is 17.5 Å². The number of aromatic nitrogens is 2. The molecule has 6 heteroatoms. The predicted molar refractivity (Wildman–Crippen MR) is 90.0 cm³/mol. The van der Waals surface area contributed by atoms with Crippen molar-refractivity contribution in [2.45, 2.75) is 13.5 Å². The van der Waals surface area contributed by atoms with Gasteiger partial charge in [0.25, 0.3) is 0 Å². The Bertz CT molecular complexity index is 750. The van der Waals surface area contributed by atoms with Crippen molar-refractivity contribution in [2.24, 2.45) is 0 Å². The van der Waals surface area contributed by atoms with Gasteiger partial charge in [0.15, 0.2) is 0 Å². The molecule has 1 N–H and O–H groups in total. The van der Waals surface area contributed by atoms with Crippen LogP contribution in [0.25, 0.3) is 5.00 Å². The lowest BCUT2D eigenvalue weighted by atomic mass is 10.1. The molecule has 0 atom stereocenters. The van der Waals surface area contributed by atoms with Crippen molar-refractivity contribution in [2.75, 3.05) is 5.32 Å². The van der Waals surface area contributed by atoms with E-state index in [1.165, 1.54) is 0 Å². The second-order valence-corrected chi connectivity index (χ2v) is 6.37. The number of rotatable bonds is 4. The molecule has 0 saturated carbocycles. The van der Waals surface area contributed by atoms with E-state index in [0.29, 0.717) is 16.6 Å². The van der Waals surface area contributed by atoms with Gasteiger partial charge in [-0.25, -0.2) is 4.68 Å². The van der Waals surface area contributed by atoms with Crippen LogP contribution in [0.2, 0.25) is 10.0 Å². The quantitative estimate of drug-likeness (QED) is 0.712. The Hall–Kier alpha value is -1.49. The average molecular weight is 338 g/mol. The summed E-state index contributed by atoms with van der Waals surface area (Å²) in [6.07, 6.45) is 3.70. The standard InChI is InChI=1S/C15H13Cl2N3S/c1-10-5-13(16)14(17)6-11(10)8-18-12-7-15(21-9-12)20-4-2-3-19-20/h2-7,9,18H,8H2,1H3. The minimum absolute atomic E-state index is 0.585. The molecule has 0 saturated heterocycles. The van der Waals surface area contributed by atoms with Crippen LogP contribution < -0.4 is 5.32 Å².